The molecule has 0 bridgehead atoms. The molecule has 0 fully saturated rings. The molecule has 1 N–H and O–H groups in total. The zero-order chi connectivity index (χ0) is 16.7. The molecule has 0 radical (unpaired) electrons. The summed E-state index contributed by atoms with van der Waals surface area (Å²) >= 11 is 0. The molecule has 1 aromatic rings. The number of carbonyl (C=O) groups is 2. The van der Waals surface area contributed by atoms with E-state index in [0.29, 0.717) is 5.56 Å². The fourth-order valence-electron chi connectivity index (χ4n) is 2.06. The van der Waals surface area contributed by atoms with E-state index in [4.69, 9.17) is 0 Å². The zero-order valence-corrected chi connectivity index (χ0v) is 13.7. The molecule has 0 spiro atoms. The summed E-state index contributed by atoms with van der Waals surface area (Å²) in [7, 11) is 0. The van der Waals surface area contributed by atoms with Gasteiger partial charge < -0.3 is 10.2 Å². The lowest BCUT2D eigenvalue weighted by Crippen LogP contribution is -2.49. The van der Waals surface area contributed by atoms with Gasteiger partial charge in [-0.1, -0.05) is 32.0 Å². The summed E-state index contributed by atoms with van der Waals surface area (Å²) in [6.45, 7) is 7.38. The fraction of sp³-hybridized carbons (Fsp3) is 0.529. The Morgan fingerprint density at radius 2 is 1.86 bits per heavy atom. The number of rotatable bonds is 7. The van der Waals surface area contributed by atoms with Crippen LogP contribution in [0.3, 0.4) is 0 Å². The highest BCUT2D eigenvalue weighted by Gasteiger charge is 2.26. The molecule has 0 heterocycles. The molecule has 1 rings (SSSR count). The lowest BCUT2D eigenvalue weighted by molar-refractivity contribution is -0.140. The Morgan fingerprint density at radius 1 is 1.23 bits per heavy atom. The monoisotopic (exact) mass is 308 g/mol. The normalized spacial score (nSPS) is 13.3. The third-order valence-electron chi connectivity index (χ3n) is 3.77. The molecular weight excluding hydrogens is 283 g/mol. The van der Waals surface area contributed by atoms with Crippen molar-refractivity contribution in [2.45, 2.75) is 59.2 Å². The van der Waals surface area contributed by atoms with E-state index in [1.165, 1.54) is 11.0 Å². The second-order valence-electron chi connectivity index (χ2n) is 5.46. The zero-order valence-electron chi connectivity index (χ0n) is 13.7. The maximum atomic E-state index is 13.8. The van der Waals surface area contributed by atoms with Gasteiger partial charge in [-0.25, -0.2) is 4.39 Å². The van der Waals surface area contributed by atoms with Crippen molar-refractivity contribution < 1.29 is 14.0 Å². The first-order valence-electron chi connectivity index (χ1n) is 7.73. The van der Waals surface area contributed by atoms with Gasteiger partial charge in [-0.3, -0.25) is 9.59 Å². The Hall–Kier alpha value is -1.91. The summed E-state index contributed by atoms with van der Waals surface area (Å²) in [5.74, 6) is -0.756. The molecule has 0 aliphatic carbocycles. The van der Waals surface area contributed by atoms with Gasteiger partial charge in [0.05, 0.1) is 0 Å². The molecule has 22 heavy (non-hydrogen) atoms. The predicted molar refractivity (Wildman–Crippen MR) is 84.6 cm³/mol. The first-order valence-corrected chi connectivity index (χ1v) is 7.73. The lowest BCUT2D eigenvalue weighted by atomic mass is 10.1. The van der Waals surface area contributed by atoms with Crippen LogP contribution in [0.2, 0.25) is 0 Å². The van der Waals surface area contributed by atoms with Crippen LogP contribution in [-0.4, -0.2) is 28.8 Å². The molecule has 4 nitrogen and oxygen atoms in total. The van der Waals surface area contributed by atoms with Crippen LogP contribution in [-0.2, 0) is 16.1 Å². The average Bonchev–Trinajstić information content (AvgIpc) is 2.52. The minimum Gasteiger partial charge on any atom is -0.352 e. The van der Waals surface area contributed by atoms with E-state index in [1.54, 1.807) is 32.0 Å². The van der Waals surface area contributed by atoms with Crippen LogP contribution in [0.4, 0.5) is 4.39 Å². The van der Waals surface area contributed by atoms with E-state index in [2.05, 4.69) is 5.32 Å². The van der Waals surface area contributed by atoms with E-state index >= 15 is 0 Å². The molecule has 122 valence electrons. The number of amides is 2. The minimum atomic E-state index is -0.638. The average molecular weight is 308 g/mol. The Bertz CT molecular complexity index is 519. The Labute approximate surface area is 131 Å². The summed E-state index contributed by atoms with van der Waals surface area (Å²) in [5, 5.41) is 2.86. The molecule has 0 unspecified atom stereocenters. The van der Waals surface area contributed by atoms with Crippen molar-refractivity contribution in [1.29, 1.82) is 0 Å². The standard InChI is InChI=1S/C17H25FN2O2/c1-5-12(3)19-17(22)13(4)20(16(21)6-2)11-14-9-7-8-10-15(14)18/h7-10,12-13H,5-6,11H2,1-4H3,(H,19,22)/t12-,13+/m1/s1. The van der Waals surface area contributed by atoms with E-state index in [9.17, 15) is 14.0 Å². The van der Waals surface area contributed by atoms with Gasteiger partial charge >= 0.3 is 0 Å². The van der Waals surface area contributed by atoms with Gasteiger partial charge in [0.15, 0.2) is 0 Å². The van der Waals surface area contributed by atoms with Gasteiger partial charge in [-0.2, -0.15) is 0 Å². The number of nitrogens with one attached hydrogen (secondary N) is 1. The van der Waals surface area contributed by atoms with E-state index < -0.39 is 6.04 Å². The fourth-order valence-corrected chi connectivity index (χ4v) is 2.06. The molecule has 0 aliphatic rings. The van der Waals surface area contributed by atoms with Crippen molar-refractivity contribution in [2.75, 3.05) is 0 Å². The maximum Gasteiger partial charge on any atom is 0.242 e. The summed E-state index contributed by atoms with van der Waals surface area (Å²) < 4.78 is 13.8. The highest BCUT2D eigenvalue weighted by Crippen LogP contribution is 2.14. The molecule has 2 atom stereocenters. The Kier molecular flexibility index (Phi) is 7.02. The van der Waals surface area contributed by atoms with Gasteiger partial charge in [0.25, 0.3) is 0 Å². The van der Waals surface area contributed by atoms with Gasteiger partial charge in [-0.05, 0) is 26.3 Å². The van der Waals surface area contributed by atoms with Crippen LogP contribution < -0.4 is 5.32 Å². The molecule has 2 amide bonds. The van der Waals surface area contributed by atoms with Gasteiger partial charge in [0.2, 0.25) is 11.8 Å². The number of hydrogen-bond acceptors (Lipinski definition) is 2. The van der Waals surface area contributed by atoms with E-state index in [-0.39, 0.29) is 36.6 Å². The quantitative estimate of drug-likeness (QED) is 0.842. The molecule has 1 aromatic carbocycles. The summed E-state index contributed by atoms with van der Waals surface area (Å²) in [6.07, 6.45) is 1.09. The van der Waals surface area contributed by atoms with Crippen LogP contribution in [0.25, 0.3) is 0 Å². The van der Waals surface area contributed by atoms with Crippen molar-refractivity contribution >= 4 is 11.8 Å². The third kappa shape index (κ3) is 4.83. The lowest BCUT2D eigenvalue weighted by Gasteiger charge is -2.29. The van der Waals surface area contributed by atoms with Crippen LogP contribution >= 0.6 is 0 Å². The number of carbonyl (C=O) groups excluding carboxylic acids is 2. The van der Waals surface area contributed by atoms with Crippen molar-refractivity contribution in [3.8, 4) is 0 Å². The number of hydrogen-bond donors (Lipinski definition) is 1. The van der Waals surface area contributed by atoms with Gasteiger partial charge in [-0.15, -0.1) is 0 Å². The first-order chi connectivity index (χ1) is 10.4. The highest BCUT2D eigenvalue weighted by atomic mass is 19.1. The van der Waals surface area contributed by atoms with E-state index in [0.717, 1.165) is 6.42 Å². The number of benzene rings is 1. The number of halogens is 1. The van der Waals surface area contributed by atoms with Crippen LogP contribution in [0.1, 0.15) is 46.1 Å². The third-order valence-corrected chi connectivity index (χ3v) is 3.77. The summed E-state index contributed by atoms with van der Waals surface area (Å²) in [5.41, 5.74) is 0.410. The molecule has 0 aromatic heterocycles. The van der Waals surface area contributed by atoms with Gasteiger partial charge in [0, 0.05) is 24.6 Å². The molecule has 0 aliphatic heterocycles. The molecule has 0 saturated heterocycles. The summed E-state index contributed by atoms with van der Waals surface area (Å²) in [6, 6.07) is 5.71. The van der Waals surface area contributed by atoms with Crippen LogP contribution in [0, 0.1) is 5.82 Å². The maximum absolute atomic E-state index is 13.8. The largest absolute Gasteiger partial charge is 0.352 e. The Morgan fingerprint density at radius 3 is 2.41 bits per heavy atom. The smallest absolute Gasteiger partial charge is 0.242 e. The molecular formula is C17H25FN2O2. The van der Waals surface area contributed by atoms with Crippen molar-refractivity contribution in [2.24, 2.45) is 0 Å². The second-order valence-corrected chi connectivity index (χ2v) is 5.46. The SMILES string of the molecule is CCC(=O)N(Cc1ccccc1F)[C@@H](C)C(=O)N[C@H](C)CC. The molecule has 0 saturated carbocycles. The predicted octanol–water partition coefficient (Wildman–Crippen LogP) is 2.87. The Balaban J connectivity index is 2.91. The summed E-state index contributed by atoms with van der Waals surface area (Å²) in [4.78, 5) is 25.8. The molecule has 5 heteroatoms. The topological polar surface area (TPSA) is 49.4 Å². The van der Waals surface area contributed by atoms with Crippen LogP contribution in [0.5, 0.6) is 0 Å². The van der Waals surface area contributed by atoms with E-state index in [1.807, 2.05) is 13.8 Å². The minimum absolute atomic E-state index is 0.0435. The van der Waals surface area contributed by atoms with Crippen LogP contribution in [0.15, 0.2) is 24.3 Å². The van der Waals surface area contributed by atoms with Crippen molar-refractivity contribution in [3.05, 3.63) is 35.6 Å². The van der Waals surface area contributed by atoms with Crippen molar-refractivity contribution in [3.63, 3.8) is 0 Å². The highest BCUT2D eigenvalue weighted by molar-refractivity contribution is 5.87. The van der Waals surface area contributed by atoms with Crippen molar-refractivity contribution in [1.82, 2.24) is 10.2 Å². The van der Waals surface area contributed by atoms with Gasteiger partial charge in [0.1, 0.15) is 11.9 Å². The second kappa shape index (κ2) is 8.51. The number of nitrogens with zero attached hydrogens (tertiary/aromatic N) is 1. The first kappa shape index (κ1) is 18.1.